The van der Waals surface area contributed by atoms with Gasteiger partial charge < -0.3 is 4.90 Å². The van der Waals surface area contributed by atoms with Crippen molar-refractivity contribution in [3.05, 3.63) is 33.8 Å². The molecule has 0 radical (unpaired) electrons. The molecule has 1 rings (SSSR count). The first kappa shape index (κ1) is 13.2. The number of amides is 1. The Balaban J connectivity index is 3.01. The minimum absolute atomic E-state index is 0.0740. The molecule has 16 heavy (non-hydrogen) atoms. The monoisotopic (exact) mass is 283 g/mol. The molecule has 88 valence electrons. The predicted molar refractivity (Wildman–Crippen MR) is 70.7 cm³/mol. The zero-order valence-corrected chi connectivity index (χ0v) is 11.8. The summed E-state index contributed by atoms with van der Waals surface area (Å²) in [5.41, 5.74) is 1.83. The topological polar surface area (TPSA) is 20.3 Å². The van der Waals surface area contributed by atoms with Gasteiger partial charge in [-0.2, -0.15) is 0 Å². The highest BCUT2D eigenvalue weighted by molar-refractivity contribution is 9.10. The Bertz CT molecular complexity index is 390. The molecule has 0 aromatic heterocycles. The Morgan fingerprint density at radius 3 is 2.69 bits per heavy atom. The van der Waals surface area contributed by atoms with Crippen molar-refractivity contribution in [1.29, 1.82) is 0 Å². The van der Waals surface area contributed by atoms with Crippen LogP contribution in [0.15, 0.2) is 22.7 Å². The van der Waals surface area contributed by atoms with Crippen LogP contribution in [-0.4, -0.2) is 23.9 Å². The van der Waals surface area contributed by atoms with E-state index >= 15 is 0 Å². The Kier molecular flexibility index (Phi) is 4.54. The van der Waals surface area contributed by atoms with Gasteiger partial charge in [-0.25, -0.2) is 0 Å². The van der Waals surface area contributed by atoms with Crippen molar-refractivity contribution in [3.63, 3.8) is 0 Å². The molecule has 0 spiro atoms. The van der Waals surface area contributed by atoms with E-state index in [1.807, 2.05) is 32.2 Å². The fourth-order valence-corrected chi connectivity index (χ4v) is 1.91. The summed E-state index contributed by atoms with van der Waals surface area (Å²) in [5.74, 6) is 0.0740. The molecule has 1 aromatic carbocycles. The first-order valence-corrected chi connectivity index (χ1v) is 6.30. The van der Waals surface area contributed by atoms with Gasteiger partial charge in [-0.3, -0.25) is 4.79 Å². The quantitative estimate of drug-likeness (QED) is 0.830. The second-order valence-electron chi connectivity index (χ2n) is 4.11. The molecule has 0 aliphatic carbocycles. The van der Waals surface area contributed by atoms with Gasteiger partial charge in [0.05, 0.1) is 5.56 Å². The molecular formula is C13H18BrNO. The third-order valence-electron chi connectivity index (χ3n) is 2.99. The standard InChI is InChI=1S/C13H18BrNO/c1-5-10(3)15(4)13(16)11-8-6-7-9(2)12(11)14/h6-8,10H,5H2,1-4H3. The van der Waals surface area contributed by atoms with Gasteiger partial charge in [-0.05, 0) is 47.8 Å². The van der Waals surface area contributed by atoms with E-state index in [1.165, 1.54) is 0 Å². The fraction of sp³-hybridized carbons (Fsp3) is 0.462. The number of rotatable bonds is 3. The van der Waals surface area contributed by atoms with Crippen LogP contribution in [-0.2, 0) is 0 Å². The minimum atomic E-state index is 0.0740. The zero-order valence-electron chi connectivity index (χ0n) is 10.2. The molecule has 0 aliphatic heterocycles. The third kappa shape index (κ3) is 2.64. The van der Waals surface area contributed by atoms with Crippen molar-refractivity contribution >= 4 is 21.8 Å². The summed E-state index contributed by atoms with van der Waals surface area (Å²) in [4.78, 5) is 14.0. The predicted octanol–water partition coefficient (Wildman–Crippen LogP) is 3.63. The van der Waals surface area contributed by atoms with Crippen LogP contribution in [0.2, 0.25) is 0 Å². The van der Waals surface area contributed by atoms with Crippen LogP contribution in [0.1, 0.15) is 36.2 Å². The van der Waals surface area contributed by atoms with E-state index in [9.17, 15) is 4.79 Å². The summed E-state index contributed by atoms with van der Waals surface area (Å²) in [6.45, 7) is 6.13. The van der Waals surface area contributed by atoms with Gasteiger partial charge in [-0.15, -0.1) is 0 Å². The van der Waals surface area contributed by atoms with E-state index in [2.05, 4.69) is 29.8 Å². The first-order chi connectivity index (χ1) is 7.49. The van der Waals surface area contributed by atoms with Crippen LogP contribution >= 0.6 is 15.9 Å². The van der Waals surface area contributed by atoms with Gasteiger partial charge in [0.2, 0.25) is 0 Å². The highest BCUT2D eigenvalue weighted by Gasteiger charge is 2.18. The summed E-state index contributed by atoms with van der Waals surface area (Å²) >= 11 is 3.47. The van der Waals surface area contributed by atoms with Gasteiger partial charge >= 0.3 is 0 Å². The lowest BCUT2D eigenvalue weighted by Gasteiger charge is -2.24. The van der Waals surface area contributed by atoms with E-state index in [0.29, 0.717) is 0 Å². The average Bonchev–Trinajstić information content (AvgIpc) is 2.29. The number of nitrogens with zero attached hydrogens (tertiary/aromatic N) is 1. The summed E-state index contributed by atoms with van der Waals surface area (Å²) in [6.07, 6.45) is 0.964. The number of aryl methyl sites for hydroxylation is 1. The largest absolute Gasteiger partial charge is 0.339 e. The number of carbonyl (C=O) groups is 1. The van der Waals surface area contributed by atoms with E-state index in [0.717, 1.165) is 22.0 Å². The molecule has 3 heteroatoms. The van der Waals surface area contributed by atoms with Gasteiger partial charge in [0, 0.05) is 17.6 Å². The summed E-state index contributed by atoms with van der Waals surface area (Å²) in [7, 11) is 1.85. The molecule has 0 heterocycles. The lowest BCUT2D eigenvalue weighted by molar-refractivity contribution is 0.0739. The van der Waals surface area contributed by atoms with Crippen molar-refractivity contribution in [2.75, 3.05) is 7.05 Å². The molecule has 0 N–H and O–H groups in total. The first-order valence-electron chi connectivity index (χ1n) is 5.51. The van der Waals surface area contributed by atoms with Crippen LogP contribution < -0.4 is 0 Å². The zero-order chi connectivity index (χ0) is 12.3. The van der Waals surface area contributed by atoms with Crippen LogP contribution in [0.4, 0.5) is 0 Å². The molecule has 0 saturated heterocycles. The maximum atomic E-state index is 12.2. The summed E-state index contributed by atoms with van der Waals surface area (Å²) in [5, 5.41) is 0. The summed E-state index contributed by atoms with van der Waals surface area (Å²) in [6, 6.07) is 6.03. The molecular weight excluding hydrogens is 266 g/mol. The van der Waals surface area contributed by atoms with Crippen LogP contribution in [0, 0.1) is 6.92 Å². The Labute approximate surface area is 106 Å². The van der Waals surface area contributed by atoms with E-state index < -0.39 is 0 Å². The lowest BCUT2D eigenvalue weighted by Crippen LogP contribution is -2.34. The van der Waals surface area contributed by atoms with Crippen molar-refractivity contribution in [3.8, 4) is 0 Å². The molecule has 0 saturated carbocycles. The van der Waals surface area contributed by atoms with Crippen molar-refractivity contribution < 1.29 is 4.79 Å². The molecule has 1 atom stereocenters. The van der Waals surface area contributed by atoms with Crippen LogP contribution in [0.3, 0.4) is 0 Å². The number of halogens is 1. The molecule has 1 unspecified atom stereocenters. The highest BCUT2D eigenvalue weighted by atomic mass is 79.9. The maximum Gasteiger partial charge on any atom is 0.254 e. The van der Waals surface area contributed by atoms with Gasteiger partial charge in [0.15, 0.2) is 0 Å². The second kappa shape index (κ2) is 5.48. The lowest BCUT2D eigenvalue weighted by atomic mass is 10.1. The van der Waals surface area contributed by atoms with Gasteiger partial charge in [0.25, 0.3) is 5.91 Å². The molecule has 0 bridgehead atoms. The van der Waals surface area contributed by atoms with Crippen molar-refractivity contribution in [2.24, 2.45) is 0 Å². The van der Waals surface area contributed by atoms with E-state index in [4.69, 9.17) is 0 Å². The van der Waals surface area contributed by atoms with Gasteiger partial charge in [-0.1, -0.05) is 19.1 Å². The van der Waals surface area contributed by atoms with Crippen LogP contribution in [0.5, 0.6) is 0 Å². The van der Waals surface area contributed by atoms with Crippen molar-refractivity contribution in [1.82, 2.24) is 4.90 Å². The number of hydrogen-bond acceptors (Lipinski definition) is 1. The fourth-order valence-electron chi connectivity index (χ4n) is 1.48. The highest BCUT2D eigenvalue weighted by Crippen LogP contribution is 2.22. The summed E-state index contributed by atoms with van der Waals surface area (Å²) < 4.78 is 0.898. The molecule has 0 fully saturated rings. The Morgan fingerprint density at radius 1 is 1.50 bits per heavy atom. The SMILES string of the molecule is CCC(C)N(C)C(=O)c1cccc(C)c1Br. The number of hydrogen-bond donors (Lipinski definition) is 0. The Morgan fingerprint density at radius 2 is 2.12 bits per heavy atom. The molecule has 1 aromatic rings. The normalized spacial score (nSPS) is 12.3. The van der Waals surface area contributed by atoms with Crippen molar-refractivity contribution in [2.45, 2.75) is 33.2 Å². The average molecular weight is 284 g/mol. The minimum Gasteiger partial charge on any atom is -0.339 e. The molecule has 0 aliphatic rings. The van der Waals surface area contributed by atoms with E-state index in [-0.39, 0.29) is 11.9 Å². The molecule has 1 amide bonds. The molecule has 2 nitrogen and oxygen atoms in total. The second-order valence-corrected chi connectivity index (χ2v) is 4.90. The number of benzene rings is 1. The number of carbonyl (C=O) groups excluding carboxylic acids is 1. The maximum absolute atomic E-state index is 12.2. The van der Waals surface area contributed by atoms with E-state index in [1.54, 1.807) is 4.90 Å². The van der Waals surface area contributed by atoms with Gasteiger partial charge in [0.1, 0.15) is 0 Å². The third-order valence-corrected chi connectivity index (χ3v) is 4.05. The van der Waals surface area contributed by atoms with Crippen LogP contribution in [0.25, 0.3) is 0 Å². The smallest absolute Gasteiger partial charge is 0.254 e. The Hall–Kier alpha value is -0.830.